The van der Waals surface area contributed by atoms with E-state index in [1.165, 1.54) is 58.2 Å². The Bertz CT molecular complexity index is 231. The van der Waals surface area contributed by atoms with Crippen LogP contribution in [0.5, 0.6) is 0 Å². The van der Waals surface area contributed by atoms with Gasteiger partial charge in [0.25, 0.3) is 0 Å². The summed E-state index contributed by atoms with van der Waals surface area (Å²) in [4.78, 5) is 2.72. The van der Waals surface area contributed by atoms with Crippen LogP contribution in [0.4, 0.5) is 0 Å². The SMILES string of the molecule is CC(C)NC1CCCN(CC2(C)CCCC2)C1. The highest BCUT2D eigenvalue weighted by Crippen LogP contribution is 2.38. The zero-order valence-corrected chi connectivity index (χ0v) is 12.0. The maximum Gasteiger partial charge on any atom is 0.0197 e. The minimum absolute atomic E-state index is 0.625. The second kappa shape index (κ2) is 5.71. The first-order chi connectivity index (χ1) is 8.07. The summed E-state index contributed by atoms with van der Waals surface area (Å²) in [5.41, 5.74) is 0.625. The Balaban J connectivity index is 1.80. The van der Waals surface area contributed by atoms with Crippen molar-refractivity contribution in [1.82, 2.24) is 10.2 Å². The summed E-state index contributed by atoms with van der Waals surface area (Å²) in [7, 11) is 0. The molecule has 2 heteroatoms. The lowest BCUT2D eigenvalue weighted by atomic mass is 9.87. The summed E-state index contributed by atoms with van der Waals surface area (Å²) >= 11 is 0. The van der Waals surface area contributed by atoms with Crippen LogP contribution in [0.25, 0.3) is 0 Å². The predicted molar refractivity (Wildman–Crippen MR) is 74.3 cm³/mol. The molecule has 0 aromatic rings. The molecule has 17 heavy (non-hydrogen) atoms. The maximum absolute atomic E-state index is 3.71. The van der Waals surface area contributed by atoms with E-state index < -0.39 is 0 Å². The van der Waals surface area contributed by atoms with Gasteiger partial charge in [-0.05, 0) is 37.6 Å². The van der Waals surface area contributed by atoms with Crippen LogP contribution in [0.15, 0.2) is 0 Å². The van der Waals surface area contributed by atoms with Crippen LogP contribution in [0, 0.1) is 5.41 Å². The van der Waals surface area contributed by atoms with Crippen LogP contribution in [-0.2, 0) is 0 Å². The third-order valence-electron chi connectivity index (χ3n) is 4.49. The molecule has 2 fully saturated rings. The fourth-order valence-electron chi connectivity index (χ4n) is 3.73. The second-order valence-corrected chi connectivity index (χ2v) is 6.91. The number of hydrogen-bond acceptors (Lipinski definition) is 2. The monoisotopic (exact) mass is 238 g/mol. The van der Waals surface area contributed by atoms with E-state index in [-0.39, 0.29) is 0 Å². The number of hydrogen-bond donors (Lipinski definition) is 1. The van der Waals surface area contributed by atoms with Gasteiger partial charge in [0.1, 0.15) is 0 Å². The van der Waals surface area contributed by atoms with Gasteiger partial charge in [0, 0.05) is 25.2 Å². The van der Waals surface area contributed by atoms with Gasteiger partial charge in [-0.25, -0.2) is 0 Å². The summed E-state index contributed by atoms with van der Waals surface area (Å²) in [5, 5.41) is 3.71. The smallest absolute Gasteiger partial charge is 0.0197 e. The largest absolute Gasteiger partial charge is 0.311 e. The number of nitrogens with one attached hydrogen (secondary N) is 1. The number of rotatable bonds is 4. The molecule has 1 saturated carbocycles. The van der Waals surface area contributed by atoms with Gasteiger partial charge < -0.3 is 10.2 Å². The highest BCUT2D eigenvalue weighted by molar-refractivity contribution is 4.87. The summed E-state index contributed by atoms with van der Waals surface area (Å²) in [6.07, 6.45) is 8.55. The van der Waals surface area contributed by atoms with Crippen molar-refractivity contribution in [3.8, 4) is 0 Å². The Morgan fingerprint density at radius 3 is 2.59 bits per heavy atom. The molecule has 0 aromatic heterocycles. The molecule has 1 unspecified atom stereocenters. The van der Waals surface area contributed by atoms with Gasteiger partial charge in [-0.15, -0.1) is 0 Å². The van der Waals surface area contributed by atoms with Crippen molar-refractivity contribution < 1.29 is 0 Å². The second-order valence-electron chi connectivity index (χ2n) is 6.91. The first-order valence-corrected chi connectivity index (χ1v) is 7.56. The number of nitrogens with zero attached hydrogens (tertiary/aromatic N) is 1. The average Bonchev–Trinajstić information content (AvgIpc) is 2.64. The molecule has 1 atom stereocenters. The Hall–Kier alpha value is -0.0800. The van der Waals surface area contributed by atoms with E-state index in [0.29, 0.717) is 11.5 Å². The molecule has 1 N–H and O–H groups in total. The van der Waals surface area contributed by atoms with Crippen molar-refractivity contribution in [3.05, 3.63) is 0 Å². The minimum atomic E-state index is 0.625. The highest BCUT2D eigenvalue weighted by Gasteiger charge is 2.32. The quantitative estimate of drug-likeness (QED) is 0.810. The average molecular weight is 238 g/mol. The normalized spacial score (nSPS) is 30.0. The third kappa shape index (κ3) is 3.96. The molecule has 0 aromatic carbocycles. The standard InChI is InChI=1S/C15H30N2/c1-13(2)16-14-7-6-10-17(11-14)12-15(3)8-4-5-9-15/h13-14,16H,4-12H2,1-3H3. The fraction of sp³-hybridized carbons (Fsp3) is 1.00. The van der Waals surface area contributed by atoms with E-state index in [4.69, 9.17) is 0 Å². The third-order valence-corrected chi connectivity index (χ3v) is 4.49. The van der Waals surface area contributed by atoms with Crippen LogP contribution in [0.1, 0.15) is 59.3 Å². The zero-order chi connectivity index (χ0) is 12.3. The molecule has 1 saturated heterocycles. The lowest BCUT2D eigenvalue weighted by molar-refractivity contribution is 0.123. The van der Waals surface area contributed by atoms with Gasteiger partial charge >= 0.3 is 0 Å². The van der Waals surface area contributed by atoms with Crippen molar-refractivity contribution in [1.29, 1.82) is 0 Å². The van der Waals surface area contributed by atoms with Crippen molar-refractivity contribution in [2.24, 2.45) is 5.41 Å². The molecule has 2 rings (SSSR count). The first-order valence-electron chi connectivity index (χ1n) is 7.56. The van der Waals surface area contributed by atoms with Gasteiger partial charge in [0.15, 0.2) is 0 Å². The molecule has 1 aliphatic carbocycles. The van der Waals surface area contributed by atoms with Crippen molar-refractivity contribution in [3.63, 3.8) is 0 Å². The van der Waals surface area contributed by atoms with Gasteiger partial charge in [-0.2, -0.15) is 0 Å². The van der Waals surface area contributed by atoms with Crippen molar-refractivity contribution in [2.75, 3.05) is 19.6 Å². The Labute approximate surface area is 107 Å². The van der Waals surface area contributed by atoms with E-state index in [0.717, 1.165) is 6.04 Å². The molecule has 2 aliphatic rings. The van der Waals surface area contributed by atoms with Crippen LogP contribution in [0.2, 0.25) is 0 Å². The van der Waals surface area contributed by atoms with Gasteiger partial charge in [-0.3, -0.25) is 0 Å². The summed E-state index contributed by atoms with van der Waals surface area (Å²) in [6.45, 7) is 11.0. The van der Waals surface area contributed by atoms with E-state index in [1.807, 2.05) is 0 Å². The zero-order valence-electron chi connectivity index (χ0n) is 12.0. The summed E-state index contributed by atoms with van der Waals surface area (Å²) in [6, 6.07) is 1.36. The highest BCUT2D eigenvalue weighted by atomic mass is 15.2. The number of piperidine rings is 1. The maximum atomic E-state index is 3.71. The van der Waals surface area contributed by atoms with Crippen LogP contribution in [0.3, 0.4) is 0 Å². The number of likely N-dealkylation sites (tertiary alicyclic amines) is 1. The van der Waals surface area contributed by atoms with E-state index >= 15 is 0 Å². The van der Waals surface area contributed by atoms with Crippen LogP contribution < -0.4 is 5.32 Å². The van der Waals surface area contributed by atoms with Crippen molar-refractivity contribution >= 4 is 0 Å². The lowest BCUT2D eigenvalue weighted by Gasteiger charge is -2.38. The van der Waals surface area contributed by atoms with E-state index in [2.05, 4.69) is 31.0 Å². The molecule has 0 bridgehead atoms. The lowest BCUT2D eigenvalue weighted by Crippen LogP contribution is -2.49. The molecular formula is C15H30N2. The topological polar surface area (TPSA) is 15.3 Å². The molecule has 0 amide bonds. The van der Waals surface area contributed by atoms with Gasteiger partial charge in [0.2, 0.25) is 0 Å². The minimum Gasteiger partial charge on any atom is -0.311 e. The van der Waals surface area contributed by atoms with Crippen molar-refractivity contribution in [2.45, 2.75) is 71.4 Å². The fourth-order valence-corrected chi connectivity index (χ4v) is 3.73. The summed E-state index contributed by atoms with van der Waals surface area (Å²) in [5.74, 6) is 0. The van der Waals surface area contributed by atoms with Crippen LogP contribution >= 0.6 is 0 Å². The van der Waals surface area contributed by atoms with Crippen LogP contribution in [-0.4, -0.2) is 36.6 Å². The molecule has 100 valence electrons. The molecule has 2 nitrogen and oxygen atoms in total. The molecule has 0 spiro atoms. The Morgan fingerprint density at radius 2 is 1.94 bits per heavy atom. The Morgan fingerprint density at radius 1 is 1.24 bits per heavy atom. The first kappa shape index (κ1) is 13.4. The molecule has 0 radical (unpaired) electrons. The van der Waals surface area contributed by atoms with Gasteiger partial charge in [0.05, 0.1) is 0 Å². The molecule has 1 heterocycles. The summed E-state index contributed by atoms with van der Waals surface area (Å²) < 4.78 is 0. The van der Waals surface area contributed by atoms with E-state index in [9.17, 15) is 0 Å². The Kier molecular flexibility index (Phi) is 4.48. The predicted octanol–water partition coefficient (Wildman–Crippen LogP) is 3.03. The van der Waals surface area contributed by atoms with Gasteiger partial charge in [-0.1, -0.05) is 33.6 Å². The molecule has 1 aliphatic heterocycles. The van der Waals surface area contributed by atoms with E-state index in [1.54, 1.807) is 0 Å². The molecular weight excluding hydrogens is 208 g/mol.